The summed E-state index contributed by atoms with van der Waals surface area (Å²) in [7, 11) is 1.06. The first-order valence-corrected chi connectivity index (χ1v) is 13.8. The molecule has 0 saturated carbocycles. The largest absolute Gasteiger partial charge is 0.466 e. The Labute approximate surface area is 189 Å². The van der Waals surface area contributed by atoms with E-state index in [0.29, 0.717) is 19.4 Å². The number of carbonyl (C=O) groups excluding carboxylic acids is 1. The van der Waals surface area contributed by atoms with Gasteiger partial charge in [-0.25, -0.2) is 0 Å². The van der Waals surface area contributed by atoms with Gasteiger partial charge in [-0.15, -0.1) is 0 Å². The van der Waals surface area contributed by atoms with Crippen LogP contribution in [0.5, 0.6) is 0 Å². The molecule has 8 heteroatoms. The molecule has 0 amide bonds. The van der Waals surface area contributed by atoms with Gasteiger partial charge in [-0.2, -0.15) is 0 Å². The molecule has 0 aromatic carbocycles. The number of methoxy groups -OCH3 is 2. The van der Waals surface area contributed by atoms with Gasteiger partial charge in [0.2, 0.25) is 0 Å². The van der Waals surface area contributed by atoms with Crippen LogP contribution in [-0.2, 0) is 23.4 Å². The molecule has 0 unspecified atom stereocenters. The van der Waals surface area contributed by atoms with E-state index in [2.05, 4.69) is 33.9 Å². The van der Waals surface area contributed by atoms with Gasteiger partial charge in [0, 0.05) is 20.6 Å². The molecule has 0 spiro atoms. The first-order valence-electron chi connectivity index (χ1n) is 10.9. The zero-order valence-electron chi connectivity index (χ0n) is 20.6. The van der Waals surface area contributed by atoms with Crippen molar-refractivity contribution in [1.29, 1.82) is 0 Å². The van der Waals surface area contributed by atoms with Crippen molar-refractivity contribution in [3.63, 3.8) is 0 Å². The summed E-state index contributed by atoms with van der Waals surface area (Å²) >= 11 is 0. The summed E-state index contributed by atoms with van der Waals surface area (Å²) in [5, 5.41) is 18.7. The lowest BCUT2D eigenvalue weighted by Gasteiger charge is -2.39. The molecule has 182 valence electrons. The van der Waals surface area contributed by atoms with Gasteiger partial charge in [0.05, 0.1) is 37.9 Å². The van der Waals surface area contributed by atoms with Gasteiger partial charge >= 0.3 is 5.97 Å². The maximum Gasteiger partial charge on any atom is 0.308 e. The lowest BCUT2D eigenvalue weighted by atomic mass is 10.1. The predicted octanol–water partition coefficient (Wildman–Crippen LogP) is 3.61. The summed E-state index contributed by atoms with van der Waals surface area (Å²) in [4.78, 5) is 12.1. The fourth-order valence-electron chi connectivity index (χ4n) is 2.69. The Kier molecular flexibility index (Phi) is 14.4. The van der Waals surface area contributed by atoms with Crippen molar-refractivity contribution >= 4 is 14.3 Å². The van der Waals surface area contributed by atoms with E-state index in [-0.39, 0.29) is 36.2 Å². The highest BCUT2D eigenvalue weighted by Gasteiger charge is 2.40. The molecule has 2 N–H and O–H groups in total. The standard InChI is InChI=1S/C23H44O7Si/c1-9-29-22(26)16-19(30-31(7,8)23(2,3)4)15-18(27-5)13-11-10-12-14-21(28-6)20(25)17-24/h10-13,18-21,24-25H,9,14-17H2,1-8H3/b12-10+,13-11+/t18-,19-,20+,21-/m0/s1. The first kappa shape index (κ1) is 30.0. The van der Waals surface area contributed by atoms with E-state index < -0.39 is 20.5 Å². The molecular formula is C23H44O7Si. The molecule has 31 heavy (non-hydrogen) atoms. The number of carbonyl (C=O) groups is 1. The molecule has 4 atom stereocenters. The lowest BCUT2D eigenvalue weighted by molar-refractivity contribution is -0.145. The summed E-state index contributed by atoms with van der Waals surface area (Å²) < 4.78 is 22.4. The molecule has 0 bridgehead atoms. The third-order valence-electron chi connectivity index (χ3n) is 5.63. The van der Waals surface area contributed by atoms with E-state index >= 15 is 0 Å². The SMILES string of the molecule is CCOC(=O)C[C@H](C[C@H](/C=C/C=C/C[C@H](OC)[C@H](O)CO)OC)O[Si](C)(C)C(C)(C)C. The van der Waals surface area contributed by atoms with Crippen LogP contribution in [0.4, 0.5) is 0 Å². The van der Waals surface area contributed by atoms with Gasteiger partial charge in [0.1, 0.15) is 6.10 Å². The Bertz CT molecular complexity index is 555. The molecule has 7 nitrogen and oxygen atoms in total. The Balaban J connectivity index is 5.12. The van der Waals surface area contributed by atoms with E-state index in [1.165, 1.54) is 7.11 Å². The van der Waals surface area contributed by atoms with E-state index in [4.69, 9.17) is 23.7 Å². The van der Waals surface area contributed by atoms with E-state index in [9.17, 15) is 9.90 Å². The molecule has 0 rings (SSSR count). The lowest BCUT2D eigenvalue weighted by Crippen LogP contribution is -2.45. The van der Waals surface area contributed by atoms with Crippen LogP contribution in [0.3, 0.4) is 0 Å². The molecule has 0 aliphatic carbocycles. The normalized spacial score (nSPS) is 17.1. The number of aliphatic hydroxyl groups excluding tert-OH is 2. The molecule has 0 saturated heterocycles. The third-order valence-corrected chi connectivity index (χ3v) is 10.2. The highest BCUT2D eigenvalue weighted by atomic mass is 28.4. The van der Waals surface area contributed by atoms with Crippen LogP contribution in [-0.4, -0.2) is 76.3 Å². The van der Waals surface area contributed by atoms with Crippen LogP contribution >= 0.6 is 0 Å². The van der Waals surface area contributed by atoms with Crippen LogP contribution in [0.25, 0.3) is 0 Å². The number of esters is 1. The fourth-order valence-corrected chi connectivity index (χ4v) is 4.06. The second-order valence-electron chi connectivity index (χ2n) is 9.09. The van der Waals surface area contributed by atoms with Gasteiger partial charge in [-0.1, -0.05) is 45.1 Å². The van der Waals surface area contributed by atoms with Gasteiger partial charge in [-0.3, -0.25) is 4.79 Å². The van der Waals surface area contributed by atoms with Crippen molar-refractivity contribution < 1.29 is 33.6 Å². The van der Waals surface area contributed by atoms with Crippen molar-refractivity contribution in [2.24, 2.45) is 0 Å². The number of allylic oxidation sites excluding steroid dienone is 2. The minimum atomic E-state index is -2.07. The molecule has 0 heterocycles. The fraction of sp³-hybridized carbons (Fsp3) is 0.783. The second-order valence-corrected chi connectivity index (χ2v) is 13.8. The first-order chi connectivity index (χ1) is 14.4. The molecule has 0 aromatic heterocycles. The number of rotatable bonds is 15. The zero-order chi connectivity index (χ0) is 24.1. The summed E-state index contributed by atoms with van der Waals surface area (Å²) in [5.41, 5.74) is 0. The maximum absolute atomic E-state index is 12.1. The highest BCUT2D eigenvalue weighted by Crippen LogP contribution is 2.38. The average Bonchev–Trinajstić information content (AvgIpc) is 2.68. The van der Waals surface area contributed by atoms with E-state index in [0.717, 1.165) is 0 Å². The Morgan fingerprint density at radius 1 is 1.13 bits per heavy atom. The Morgan fingerprint density at radius 2 is 1.77 bits per heavy atom. The summed E-state index contributed by atoms with van der Waals surface area (Å²) in [6, 6.07) is 0. The van der Waals surface area contributed by atoms with Gasteiger partial charge < -0.3 is 28.8 Å². The van der Waals surface area contributed by atoms with Crippen LogP contribution in [0.15, 0.2) is 24.3 Å². The molecular weight excluding hydrogens is 416 g/mol. The van der Waals surface area contributed by atoms with Gasteiger partial charge in [0.25, 0.3) is 0 Å². The zero-order valence-corrected chi connectivity index (χ0v) is 21.6. The Hall–Kier alpha value is -1.03. The van der Waals surface area contributed by atoms with Gasteiger partial charge in [-0.05, 0) is 31.5 Å². The van der Waals surface area contributed by atoms with E-state index in [1.807, 2.05) is 24.3 Å². The van der Waals surface area contributed by atoms with E-state index in [1.54, 1.807) is 14.0 Å². The van der Waals surface area contributed by atoms with Crippen LogP contribution < -0.4 is 0 Å². The molecule has 0 fully saturated rings. The third kappa shape index (κ3) is 12.0. The molecule has 0 aromatic rings. The summed E-state index contributed by atoms with van der Waals surface area (Å²) in [6.07, 6.45) is 6.78. The number of aliphatic hydroxyl groups is 2. The number of ether oxygens (including phenoxy) is 3. The summed E-state index contributed by atoms with van der Waals surface area (Å²) in [6.45, 7) is 12.6. The summed E-state index contributed by atoms with van der Waals surface area (Å²) in [5.74, 6) is -0.266. The highest BCUT2D eigenvalue weighted by molar-refractivity contribution is 6.74. The van der Waals surface area contributed by atoms with Crippen molar-refractivity contribution in [1.82, 2.24) is 0 Å². The monoisotopic (exact) mass is 460 g/mol. The maximum atomic E-state index is 12.1. The van der Waals surface area contributed by atoms with Crippen molar-refractivity contribution in [3.8, 4) is 0 Å². The van der Waals surface area contributed by atoms with Crippen LogP contribution in [0, 0.1) is 0 Å². The quantitative estimate of drug-likeness (QED) is 0.219. The van der Waals surface area contributed by atoms with Crippen LogP contribution in [0.2, 0.25) is 18.1 Å². The van der Waals surface area contributed by atoms with Crippen molar-refractivity contribution in [3.05, 3.63) is 24.3 Å². The topological polar surface area (TPSA) is 94.5 Å². The number of hydrogen-bond acceptors (Lipinski definition) is 7. The smallest absolute Gasteiger partial charge is 0.308 e. The molecule has 0 aliphatic rings. The molecule has 0 radical (unpaired) electrons. The predicted molar refractivity (Wildman–Crippen MR) is 126 cm³/mol. The van der Waals surface area contributed by atoms with Crippen molar-refractivity contribution in [2.75, 3.05) is 27.4 Å². The number of hydrogen-bond donors (Lipinski definition) is 2. The molecule has 0 aliphatic heterocycles. The van der Waals surface area contributed by atoms with Gasteiger partial charge in [0.15, 0.2) is 8.32 Å². The minimum absolute atomic E-state index is 0.0259. The average molecular weight is 461 g/mol. The van der Waals surface area contributed by atoms with Crippen LogP contribution in [0.1, 0.15) is 47.0 Å². The van der Waals surface area contributed by atoms with Crippen molar-refractivity contribution in [2.45, 2.75) is 89.5 Å². The second kappa shape index (κ2) is 14.9. The minimum Gasteiger partial charge on any atom is -0.466 e. The Morgan fingerprint density at radius 3 is 2.26 bits per heavy atom.